The van der Waals surface area contributed by atoms with Gasteiger partial charge in [-0.3, -0.25) is 24.2 Å². The van der Waals surface area contributed by atoms with Gasteiger partial charge in [0.1, 0.15) is 6.04 Å². The van der Waals surface area contributed by atoms with Gasteiger partial charge < -0.3 is 25.2 Å². The third-order valence-electron chi connectivity index (χ3n) is 9.45. The number of nitrogens with one attached hydrogen (secondary N) is 2. The number of aromatic nitrogens is 3. The van der Waals surface area contributed by atoms with Crippen molar-refractivity contribution in [1.82, 2.24) is 35.2 Å². The standard InChI is InChI=1S/C42H40F5N7O6S/c1-23(13-18-32(55)52(4)21-19-33(56)60-39-37(46)35(44)34(43)36(45)38(39)47)50-40(57)24(2)53(5)42(59)54-30-22-26(61-31-12-7-6-11-28(31)41(58)48-3)15-16-27(30)29(51-54)17-14-25-10-8-9-20-49-25/h6-12,14-17,20,22-24H,13,18-19,21H2,1-5H3,(H,48,58)(H,50,57)/b17-14+/t23-,24-/m0/s1. The molecule has 2 heterocycles. The second kappa shape index (κ2) is 20.1. The Hall–Kier alpha value is -6.63. The first-order chi connectivity index (χ1) is 29.0. The van der Waals surface area contributed by atoms with Crippen LogP contribution in [-0.2, 0) is 14.4 Å². The number of hydrogen-bond donors (Lipinski definition) is 2. The zero-order chi connectivity index (χ0) is 44.5. The summed E-state index contributed by atoms with van der Waals surface area (Å²) in [5.41, 5.74) is 2.04. The van der Waals surface area contributed by atoms with Crippen molar-refractivity contribution in [2.75, 3.05) is 27.7 Å². The molecule has 0 aliphatic carbocycles. The van der Waals surface area contributed by atoms with Crippen LogP contribution in [0.1, 0.15) is 54.9 Å². The lowest BCUT2D eigenvalue weighted by molar-refractivity contribution is -0.136. The van der Waals surface area contributed by atoms with Crippen LogP contribution >= 0.6 is 11.8 Å². The minimum atomic E-state index is -2.41. The molecule has 0 aliphatic heterocycles. The lowest BCUT2D eigenvalue weighted by Crippen LogP contribution is -2.49. The van der Waals surface area contributed by atoms with Gasteiger partial charge in [0, 0.05) is 61.5 Å². The molecule has 2 aromatic heterocycles. The van der Waals surface area contributed by atoms with Crippen LogP contribution in [0.2, 0.25) is 0 Å². The van der Waals surface area contributed by atoms with E-state index >= 15 is 0 Å². The summed E-state index contributed by atoms with van der Waals surface area (Å²) in [6.07, 6.45) is 4.51. The Morgan fingerprint density at radius 3 is 2.21 bits per heavy atom. The number of likely N-dealkylation sites (N-methyl/N-ethyl adjacent to an activating group) is 1. The van der Waals surface area contributed by atoms with Crippen molar-refractivity contribution >= 4 is 64.5 Å². The summed E-state index contributed by atoms with van der Waals surface area (Å²) in [7, 11) is 4.31. The number of ether oxygens (including phenoxy) is 1. The van der Waals surface area contributed by atoms with Crippen LogP contribution in [0, 0.1) is 29.1 Å². The van der Waals surface area contributed by atoms with Gasteiger partial charge in [-0.1, -0.05) is 30.0 Å². The molecule has 5 aromatic rings. The van der Waals surface area contributed by atoms with E-state index in [1.807, 2.05) is 36.4 Å². The van der Waals surface area contributed by atoms with Gasteiger partial charge >= 0.3 is 12.0 Å². The number of carbonyl (C=O) groups is 5. The molecular formula is C42H40F5N7O6S. The Labute approximate surface area is 350 Å². The van der Waals surface area contributed by atoms with Crippen LogP contribution in [-0.4, -0.2) is 94.1 Å². The second-order valence-corrected chi connectivity index (χ2v) is 14.8. The fourth-order valence-electron chi connectivity index (χ4n) is 5.78. The van der Waals surface area contributed by atoms with Gasteiger partial charge in [-0.05, 0) is 74.9 Å². The van der Waals surface area contributed by atoms with Gasteiger partial charge in [-0.25, -0.2) is 18.0 Å². The van der Waals surface area contributed by atoms with Gasteiger partial charge in [-0.2, -0.15) is 18.6 Å². The normalized spacial score (nSPS) is 12.2. The topological polar surface area (TPSA) is 156 Å². The van der Waals surface area contributed by atoms with E-state index < -0.39 is 77.2 Å². The van der Waals surface area contributed by atoms with E-state index in [9.17, 15) is 45.9 Å². The van der Waals surface area contributed by atoms with Gasteiger partial charge in [0.15, 0.2) is 0 Å². The molecule has 2 N–H and O–H groups in total. The summed E-state index contributed by atoms with van der Waals surface area (Å²) in [6, 6.07) is 15.8. The highest BCUT2D eigenvalue weighted by molar-refractivity contribution is 7.99. The van der Waals surface area contributed by atoms with Crippen molar-refractivity contribution in [3.05, 3.63) is 113 Å². The van der Waals surface area contributed by atoms with Crippen LogP contribution in [0.15, 0.2) is 76.7 Å². The van der Waals surface area contributed by atoms with Crippen LogP contribution in [0.5, 0.6) is 5.75 Å². The average Bonchev–Trinajstić information content (AvgIpc) is 3.63. The van der Waals surface area contributed by atoms with E-state index in [1.54, 1.807) is 56.6 Å². The largest absolute Gasteiger partial charge is 0.420 e. The lowest BCUT2D eigenvalue weighted by atomic mass is 10.1. The molecule has 3 aromatic carbocycles. The van der Waals surface area contributed by atoms with Crippen LogP contribution < -0.4 is 15.4 Å². The van der Waals surface area contributed by atoms with E-state index in [0.29, 0.717) is 37.6 Å². The van der Waals surface area contributed by atoms with Crippen molar-refractivity contribution in [3.63, 3.8) is 0 Å². The molecule has 0 unspecified atom stereocenters. The molecule has 5 rings (SSSR count). The highest BCUT2D eigenvalue weighted by atomic mass is 32.2. The Balaban J connectivity index is 1.22. The van der Waals surface area contributed by atoms with Crippen molar-refractivity contribution in [1.29, 1.82) is 0 Å². The molecule has 0 saturated carbocycles. The SMILES string of the molecule is CNC(=O)c1ccccc1Sc1ccc2c(/C=C/c3ccccn3)nn(C(=O)N(C)[C@@H](C)C(=O)N[C@@H](C)CCC(=O)N(C)CCC(=O)Oc3c(F)c(F)c(F)c(F)c3F)c2c1. The molecule has 0 spiro atoms. The molecule has 4 amide bonds. The number of rotatable bonds is 15. The van der Waals surface area contributed by atoms with E-state index in [-0.39, 0.29) is 25.3 Å². The fourth-order valence-corrected chi connectivity index (χ4v) is 6.75. The zero-order valence-electron chi connectivity index (χ0n) is 33.5. The Bertz CT molecular complexity index is 2470. The highest BCUT2D eigenvalue weighted by Gasteiger charge is 2.30. The first-order valence-corrected chi connectivity index (χ1v) is 19.5. The van der Waals surface area contributed by atoms with Crippen molar-refractivity contribution in [2.24, 2.45) is 0 Å². The predicted molar refractivity (Wildman–Crippen MR) is 216 cm³/mol. The second-order valence-electron chi connectivity index (χ2n) is 13.7. The summed E-state index contributed by atoms with van der Waals surface area (Å²) in [4.78, 5) is 72.9. The molecule has 0 bridgehead atoms. The van der Waals surface area contributed by atoms with Gasteiger partial charge in [0.05, 0.1) is 28.9 Å². The minimum absolute atomic E-state index is 0.115. The number of hydrogen-bond acceptors (Lipinski definition) is 9. The number of pyridine rings is 1. The number of nitrogens with zero attached hydrogens (tertiary/aromatic N) is 5. The third kappa shape index (κ3) is 10.8. The predicted octanol–water partition coefficient (Wildman–Crippen LogP) is 6.84. The first kappa shape index (κ1) is 45.5. The Kier molecular flexibility index (Phi) is 15.0. The van der Waals surface area contributed by atoms with E-state index in [2.05, 4.69) is 25.5 Å². The van der Waals surface area contributed by atoms with E-state index in [0.717, 1.165) is 4.90 Å². The van der Waals surface area contributed by atoms with E-state index in [1.165, 1.54) is 42.4 Å². The quantitative estimate of drug-likeness (QED) is 0.0379. The number of benzene rings is 3. The van der Waals surface area contributed by atoms with Crippen LogP contribution in [0.4, 0.5) is 26.7 Å². The molecule has 0 aliphatic rings. The maximum Gasteiger partial charge on any atom is 0.345 e. The average molecular weight is 866 g/mol. The van der Waals surface area contributed by atoms with Crippen molar-refractivity contribution in [3.8, 4) is 5.75 Å². The van der Waals surface area contributed by atoms with Crippen LogP contribution in [0.25, 0.3) is 23.1 Å². The molecular weight excluding hydrogens is 826 g/mol. The monoisotopic (exact) mass is 865 g/mol. The summed E-state index contributed by atoms with van der Waals surface area (Å²) in [6.45, 7) is 2.85. The molecule has 0 saturated heterocycles. The van der Waals surface area contributed by atoms with Gasteiger partial charge in [0.2, 0.25) is 46.6 Å². The molecule has 0 radical (unpaired) electrons. The number of amides is 4. The van der Waals surface area contributed by atoms with Gasteiger partial charge in [-0.15, -0.1) is 0 Å². The zero-order valence-corrected chi connectivity index (χ0v) is 34.3. The molecule has 0 fully saturated rings. The van der Waals surface area contributed by atoms with E-state index in [4.69, 9.17) is 0 Å². The summed E-state index contributed by atoms with van der Waals surface area (Å²) >= 11 is 1.33. The number of carbonyl (C=O) groups excluding carboxylic acids is 5. The lowest BCUT2D eigenvalue weighted by Gasteiger charge is -2.26. The smallest absolute Gasteiger partial charge is 0.345 e. The molecule has 19 heteroatoms. The van der Waals surface area contributed by atoms with Crippen LogP contribution in [0.3, 0.4) is 0 Å². The van der Waals surface area contributed by atoms with Crippen molar-refractivity contribution in [2.45, 2.75) is 55.0 Å². The number of fused-ring (bicyclic) bond motifs is 1. The first-order valence-electron chi connectivity index (χ1n) is 18.7. The Morgan fingerprint density at radius 1 is 0.869 bits per heavy atom. The van der Waals surface area contributed by atoms with Gasteiger partial charge in [0.25, 0.3) is 5.91 Å². The minimum Gasteiger partial charge on any atom is -0.420 e. The van der Waals surface area contributed by atoms with Crippen molar-refractivity contribution < 1.29 is 50.7 Å². The fraction of sp³-hybridized carbons (Fsp3) is 0.262. The number of halogens is 5. The number of esters is 1. The molecule has 320 valence electrons. The molecule has 61 heavy (non-hydrogen) atoms. The third-order valence-corrected chi connectivity index (χ3v) is 10.5. The summed E-state index contributed by atoms with van der Waals surface area (Å²) in [5, 5.41) is 10.7. The Morgan fingerprint density at radius 2 is 1.54 bits per heavy atom. The highest BCUT2D eigenvalue weighted by Crippen LogP contribution is 2.34. The summed E-state index contributed by atoms with van der Waals surface area (Å²) < 4.78 is 73.5. The maximum absolute atomic E-state index is 14.1. The molecule has 13 nitrogen and oxygen atoms in total. The molecule has 2 atom stereocenters. The maximum atomic E-state index is 14.1. The summed E-state index contributed by atoms with van der Waals surface area (Å²) in [5.74, 6) is -15.9.